The summed E-state index contributed by atoms with van der Waals surface area (Å²) < 4.78 is 1.81. The summed E-state index contributed by atoms with van der Waals surface area (Å²) in [6, 6.07) is 0.246. The zero-order valence-electron chi connectivity index (χ0n) is 11.8. The maximum Gasteiger partial charge on any atom is 0.233 e. The van der Waals surface area contributed by atoms with Crippen molar-refractivity contribution in [3.8, 4) is 0 Å². The summed E-state index contributed by atoms with van der Waals surface area (Å²) in [5.74, 6) is 0.144. The lowest BCUT2D eigenvalue weighted by atomic mass is 10.1. The lowest BCUT2D eigenvalue weighted by molar-refractivity contribution is -0.121. The largest absolute Gasteiger partial charge is 0.367 e. The Hall–Kier alpha value is -1.17. The van der Waals surface area contributed by atoms with Gasteiger partial charge >= 0.3 is 0 Å². The molecule has 1 fully saturated rings. The Balaban J connectivity index is 1.92. The van der Waals surface area contributed by atoms with Crippen LogP contribution in [0.25, 0.3) is 0 Å². The molecule has 0 saturated carbocycles. The maximum absolute atomic E-state index is 11.9. The number of rotatable bonds is 4. The summed E-state index contributed by atoms with van der Waals surface area (Å²) in [4.78, 5) is 14.2. The van der Waals surface area contributed by atoms with Gasteiger partial charge in [-0.3, -0.25) is 9.48 Å². The zero-order valence-corrected chi connectivity index (χ0v) is 12.6. The third-order valence-corrected chi connectivity index (χ3v) is 4.47. The number of aromatic nitrogens is 2. The molecule has 0 radical (unpaired) electrons. The number of nitrogens with one attached hydrogen (secondary N) is 1. The first-order chi connectivity index (χ1) is 9.10. The fourth-order valence-corrected chi connectivity index (χ4v) is 2.61. The van der Waals surface area contributed by atoms with Crippen LogP contribution in [-0.4, -0.2) is 46.3 Å². The van der Waals surface area contributed by atoms with Gasteiger partial charge in [-0.2, -0.15) is 16.9 Å². The second-order valence-corrected chi connectivity index (χ2v) is 6.22. The topological polar surface area (TPSA) is 50.2 Å². The normalized spacial score (nSPS) is 21.2. The molecule has 0 bridgehead atoms. The molecule has 1 aromatic rings. The molecule has 2 rings (SSSR count). The predicted octanol–water partition coefficient (Wildman–Crippen LogP) is 1.26. The van der Waals surface area contributed by atoms with E-state index >= 15 is 0 Å². The van der Waals surface area contributed by atoms with Gasteiger partial charge in [-0.05, 0) is 26.0 Å². The highest BCUT2D eigenvalue weighted by Crippen LogP contribution is 2.19. The molecule has 6 heteroatoms. The van der Waals surface area contributed by atoms with Gasteiger partial charge in [-0.1, -0.05) is 0 Å². The van der Waals surface area contributed by atoms with Crippen molar-refractivity contribution in [1.82, 2.24) is 15.1 Å². The lowest BCUT2D eigenvalue weighted by Gasteiger charge is -2.34. The van der Waals surface area contributed by atoms with E-state index < -0.39 is 0 Å². The van der Waals surface area contributed by atoms with Crippen LogP contribution < -0.4 is 10.2 Å². The summed E-state index contributed by atoms with van der Waals surface area (Å²) >= 11 is 1.58. The number of carbonyl (C=O) groups is 1. The van der Waals surface area contributed by atoms with Gasteiger partial charge in [0.2, 0.25) is 5.91 Å². The standard InChI is InChI=1S/C13H22N4OS/c1-10(19-3)13(18)15-11-5-4-6-17(8-11)12-7-14-16(2)9-12/h7,9-11H,4-6,8H2,1-3H3,(H,15,18). The summed E-state index contributed by atoms with van der Waals surface area (Å²) in [5.41, 5.74) is 1.14. The van der Waals surface area contributed by atoms with Gasteiger partial charge in [0.25, 0.3) is 0 Å². The first kappa shape index (κ1) is 14.2. The molecule has 106 valence electrons. The first-order valence-corrected chi connectivity index (χ1v) is 7.95. The third-order valence-electron chi connectivity index (χ3n) is 3.55. The Morgan fingerprint density at radius 3 is 3.05 bits per heavy atom. The second-order valence-electron chi connectivity index (χ2n) is 5.04. The van der Waals surface area contributed by atoms with Gasteiger partial charge in [0.15, 0.2) is 0 Å². The molecule has 1 amide bonds. The predicted molar refractivity (Wildman–Crippen MR) is 79.6 cm³/mol. The molecule has 1 aromatic heterocycles. The number of hydrogen-bond donors (Lipinski definition) is 1. The Labute approximate surface area is 118 Å². The van der Waals surface area contributed by atoms with Crippen LogP contribution in [0.15, 0.2) is 12.4 Å². The van der Waals surface area contributed by atoms with Crippen LogP contribution >= 0.6 is 11.8 Å². The third kappa shape index (κ3) is 3.65. The number of carbonyl (C=O) groups excluding carboxylic acids is 1. The first-order valence-electron chi connectivity index (χ1n) is 6.67. The zero-order chi connectivity index (χ0) is 13.8. The van der Waals surface area contributed by atoms with Crippen LogP contribution in [0.2, 0.25) is 0 Å². The van der Waals surface area contributed by atoms with E-state index in [9.17, 15) is 4.79 Å². The molecule has 2 unspecified atom stereocenters. The summed E-state index contributed by atoms with van der Waals surface area (Å²) in [6.45, 7) is 3.86. The van der Waals surface area contributed by atoms with Crippen molar-refractivity contribution < 1.29 is 4.79 Å². The molecule has 2 atom stereocenters. The van der Waals surface area contributed by atoms with Gasteiger partial charge in [0.1, 0.15) is 0 Å². The molecular weight excluding hydrogens is 260 g/mol. The highest BCUT2D eigenvalue weighted by atomic mass is 32.2. The Morgan fingerprint density at radius 2 is 2.42 bits per heavy atom. The van der Waals surface area contributed by atoms with E-state index in [1.807, 2.05) is 37.3 Å². The van der Waals surface area contributed by atoms with Crippen LogP contribution in [0.3, 0.4) is 0 Å². The molecule has 1 aliphatic heterocycles. The highest BCUT2D eigenvalue weighted by Gasteiger charge is 2.23. The van der Waals surface area contributed by atoms with E-state index in [0.717, 1.165) is 31.6 Å². The van der Waals surface area contributed by atoms with Crippen LogP contribution in [0, 0.1) is 0 Å². The Morgan fingerprint density at radius 1 is 1.63 bits per heavy atom. The molecule has 1 N–H and O–H groups in total. The molecular formula is C13H22N4OS. The van der Waals surface area contributed by atoms with Gasteiger partial charge in [0, 0.05) is 32.4 Å². The second kappa shape index (κ2) is 6.32. The summed E-state index contributed by atoms with van der Waals surface area (Å²) in [5, 5.41) is 7.37. The summed E-state index contributed by atoms with van der Waals surface area (Å²) in [7, 11) is 1.92. The smallest absolute Gasteiger partial charge is 0.233 e. The maximum atomic E-state index is 11.9. The number of amides is 1. The molecule has 5 nitrogen and oxygen atoms in total. The quantitative estimate of drug-likeness (QED) is 0.903. The molecule has 19 heavy (non-hydrogen) atoms. The Bertz CT molecular complexity index is 434. The van der Waals surface area contributed by atoms with E-state index in [2.05, 4.69) is 15.3 Å². The monoisotopic (exact) mass is 282 g/mol. The van der Waals surface area contributed by atoms with Crippen LogP contribution in [0.1, 0.15) is 19.8 Å². The number of thioether (sulfide) groups is 1. The van der Waals surface area contributed by atoms with E-state index in [1.54, 1.807) is 11.8 Å². The minimum atomic E-state index is 0.0220. The van der Waals surface area contributed by atoms with E-state index in [-0.39, 0.29) is 17.2 Å². The van der Waals surface area contributed by atoms with Gasteiger partial charge in [0.05, 0.1) is 17.1 Å². The number of hydrogen-bond acceptors (Lipinski definition) is 4. The van der Waals surface area contributed by atoms with Crippen molar-refractivity contribution in [3.05, 3.63) is 12.4 Å². The van der Waals surface area contributed by atoms with Crippen LogP contribution in [-0.2, 0) is 11.8 Å². The molecule has 1 aliphatic rings. The minimum absolute atomic E-state index is 0.0220. The fraction of sp³-hybridized carbons (Fsp3) is 0.692. The SMILES string of the molecule is CSC(C)C(=O)NC1CCCN(c2cnn(C)c2)C1. The van der Waals surface area contributed by atoms with Crippen molar-refractivity contribution in [2.24, 2.45) is 7.05 Å². The molecule has 0 spiro atoms. The molecule has 0 aromatic carbocycles. The number of nitrogens with zero attached hydrogens (tertiary/aromatic N) is 3. The minimum Gasteiger partial charge on any atom is -0.367 e. The molecule has 0 aliphatic carbocycles. The van der Waals surface area contributed by atoms with Crippen molar-refractivity contribution in [2.45, 2.75) is 31.1 Å². The van der Waals surface area contributed by atoms with Crippen molar-refractivity contribution in [2.75, 3.05) is 24.2 Å². The fourth-order valence-electron chi connectivity index (χ4n) is 2.33. The van der Waals surface area contributed by atoms with E-state index in [1.165, 1.54) is 0 Å². The van der Waals surface area contributed by atoms with Crippen LogP contribution in [0.4, 0.5) is 5.69 Å². The summed E-state index contributed by atoms with van der Waals surface area (Å²) in [6.07, 6.45) is 8.04. The van der Waals surface area contributed by atoms with E-state index in [0.29, 0.717) is 0 Å². The van der Waals surface area contributed by atoms with Gasteiger partial charge in [-0.25, -0.2) is 0 Å². The average molecular weight is 282 g/mol. The Kier molecular flexibility index (Phi) is 4.74. The van der Waals surface area contributed by atoms with Gasteiger partial charge < -0.3 is 10.2 Å². The molecule has 2 heterocycles. The molecule has 1 saturated heterocycles. The lowest BCUT2D eigenvalue weighted by Crippen LogP contribution is -2.49. The van der Waals surface area contributed by atoms with E-state index in [4.69, 9.17) is 0 Å². The van der Waals surface area contributed by atoms with Crippen molar-refractivity contribution in [1.29, 1.82) is 0 Å². The van der Waals surface area contributed by atoms with Crippen LogP contribution in [0.5, 0.6) is 0 Å². The van der Waals surface area contributed by atoms with Gasteiger partial charge in [-0.15, -0.1) is 0 Å². The van der Waals surface area contributed by atoms with Crippen molar-refractivity contribution >= 4 is 23.4 Å². The number of aryl methyl sites for hydroxylation is 1. The number of piperidine rings is 1. The number of anilines is 1. The van der Waals surface area contributed by atoms with Crippen molar-refractivity contribution in [3.63, 3.8) is 0 Å². The highest BCUT2D eigenvalue weighted by molar-refractivity contribution is 7.99. The average Bonchev–Trinajstić information content (AvgIpc) is 2.84.